The lowest BCUT2D eigenvalue weighted by Crippen LogP contribution is -2.21. The number of benzene rings is 2. The summed E-state index contributed by atoms with van der Waals surface area (Å²) in [6, 6.07) is 15.2. The number of carbonyl (C=O) groups is 1. The Hall–Kier alpha value is -2.33. The Morgan fingerprint density at radius 3 is 2.40 bits per heavy atom. The van der Waals surface area contributed by atoms with Crippen molar-refractivity contribution in [1.29, 1.82) is 0 Å². The lowest BCUT2D eigenvalue weighted by Gasteiger charge is -2.11. The summed E-state index contributed by atoms with van der Waals surface area (Å²) < 4.78 is 0. The van der Waals surface area contributed by atoms with E-state index in [4.69, 9.17) is 0 Å². The number of hydrogen-bond acceptors (Lipinski definition) is 2. The fourth-order valence-corrected chi connectivity index (χ4v) is 1.91. The highest BCUT2D eigenvalue weighted by Gasteiger charge is 2.06. The molecule has 2 amide bonds. The molecule has 0 spiro atoms. The minimum absolute atomic E-state index is 0.239. The number of para-hydroxylation sites is 1. The number of amides is 2. The van der Waals surface area contributed by atoms with Crippen molar-refractivity contribution in [3.63, 3.8) is 0 Å². The first-order chi connectivity index (χ1) is 9.69. The molecule has 0 heterocycles. The minimum atomic E-state index is -0.239. The second-order valence-electron chi connectivity index (χ2n) is 4.63. The monoisotopic (exact) mass is 269 g/mol. The van der Waals surface area contributed by atoms with Gasteiger partial charge in [-0.1, -0.05) is 35.9 Å². The van der Waals surface area contributed by atoms with E-state index in [1.807, 2.05) is 62.5 Å². The first-order valence-corrected chi connectivity index (χ1v) is 6.56. The van der Waals surface area contributed by atoms with Crippen LogP contribution in [-0.4, -0.2) is 13.1 Å². The molecule has 0 radical (unpaired) electrons. The van der Waals surface area contributed by atoms with Gasteiger partial charge in [-0.2, -0.15) is 0 Å². The number of nitrogens with one attached hydrogen (secondary N) is 3. The lowest BCUT2D eigenvalue weighted by atomic mass is 10.2. The number of urea groups is 1. The number of hydrogen-bond donors (Lipinski definition) is 3. The fraction of sp³-hybridized carbons (Fsp3) is 0.188. The molecule has 3 N–H and O–H groups in total. The zero-order valence-electron chi connectivity index (χ0n) is 11.7. The summed E-state index contributed by atoms with van der Waals surface area (Å²) in [5.41, 5.74) is 3.80. The molecular formula is C16H19N3O. The van der Waals surface area contributed by atoms with E-state index in [1.165, 1.54) is 0 Å². The first-order valence-electron chi connectivity index (χ1n) is 6.56. The molecule has 0 saturated heterocycles. The van der Waals surface area contributed by atoms with Crippen LogP contribution in [0.2, 0.25) is 0 Å². The third-order valence-electron chi connectivity index (χ3n) is 2.94. The van der Waals surface area contributed by atoms with Gasteiger partial charge in [-0.15, -0.1) is 0 Å². The Balaban J connectivity index is 2.02. The zero-order valence-corrected chi connectivity index (χ0v) is 11.7. The van der Waals surface area contributed by atoms with Crippen molar-refractivity contribution in [2.45, 2.75) is 13.5 Å². The molecule has 0 aliphatic heterocycles. The molecule has 2 rings (SSSR count). The maximum Gasteiger partial charge on any atom is 0.323 e. The molecule has 2 aromatic carbocycles. The Kier molecular flexibility index (Phi) is 4.74. The van der Waals surface area contributed by atoms with Gasteiger partial charge in [-0.25, -0.2) is 4.79 Å². The fourth-order valence-electron chi connectivity index (χ4n) is 1.91. The lowest BCUT2D eigenvalue weighted by molar-refractivity contribution is 0.262. The van der Waals surface area contributed by atoms with Crippen LogP contribution in [0.1, 0.15) is 11.1 Å². The third kappa shape index (κ3) is 3.83. The van der Waals surface area contributed by atoms with E-state index in [9.17, 15) is 4.79 Å². The molecule has 0 atom stereocenters. The van der Waals surface area contributed by atoms with Crippen molar-refractivity contribution < 1.29 is 4.79 Å². The molecule has 4 heteroatoms. The van der Waals surface area contributed by atoms with Gasteiger partial charge >= 0.3 is 6.03 Å². The van der Waals surface area contributed by atoms with Gasteiger partial charge in [0.25, 0.3) is 0 Å². The molecule has 0 aromatic heterocycles. The Morgan fingerprint density at radius 1 is 1.00 bits per heavy atom. The van der Waals surface area contributed by atoms with Crippen LogP contribution in [0, 0.1) is 6.92 Å². The summed E-state index contributed by atoms with van der Waals surface area (Å²) >= 11 is 0. The summed E-state index contributed by atoms with van der Waals surface area (Å²) in [5, 5.41) is 8.77. The number of aryl methyl sites for hydroxylation is 1. The van der Waals surface area contributed by atoms with Crippen molar-refractivity contribution >= 4 is 17.4 Å². The van der Waals surface area contributed by atoms with Crippen molar-refractivity contribution in [3.8, 4) is 0 Å². The van der Waals surface area contributed by atoms with Gasteiger partial charge in [0.1, 0.15) is 0 Å². The van der Waals surface area contributed by atoms with Crippen molar-refractivity contribution in [2.24, 2.45) is 0 Å². The van der Waals surface area contributed by atoms with Crippen LogP contribution in [0.15, 0.2) is 48.5 Å². The smallest absolute Gasteiger partial charge is 0.316 e. The maximum absolute atomic E-state index is 12.0. The minimum Gasteiger partial charge on any atom is -0.316 e. The zero-order chi connectivity index (χ0) is 14.4. The standard InChI is InChI=1S/C16H19N3O/c1-12-7-9-14(10-8-12)18-16(20)19-15-6-4-3-5-13(15)11-17-2/h3-10,17H,11H2,1-2H3,(H2,18,19,20). The van der Waals surface area contributed by atoms with Crippen LogP contribution in [0.4, 0.5) is 16.2 Å². The number of carbonyl (C=O) groups excluding carboxylic acids is 1. The van der Waals surface area contributed by atoms with Gasteiger partial charge in [0.15, 0.2) is 0 Å². The van der Waals surface area contributed by atoms with Crippen LogP contribution in [0.5, 0.6) is 0 Å². The molecule has 20 heavy (non-hydrogen) atoms. The predicted molar refractivity (Wildman–Crippen MR) is 83.0 cm³/mol. The molecule has 0 aliphatic carbocycles. The van der Waals surface area contributed by atoms with E-state index in [0.717, 1.165) is 22.5 Å². The van der Waals surface area contributed by atoms with E-state index in [0.29, 0.717) is 6.54 Å². The van der Waals surface area contributed by atoms with E-state index < -0.39 is 0 Å². The van der Waals surface area contributed by atoms with E-state index in [-0.39, 0.29) is 6.03 Å². The van der Waals surface area contributed by atoms with E-state index >= 15 is 0 Å². The van der Waals surface area contributed by atoms with Crippen LogP contribution in [0.25, 0.3) is 0 Å². The molecule has 4 nitrogen and oxygen atoms in total. The van der Waals surface area contributed by atoms with Crippen LogP contribution >= 0.6 is 0 Å². The largest absolute Gasteiger partial charge is 0.323 e. The summed E-state index contributed by atoms with van der Waals surface area (Å²) in [6.07, 6.45) is 0. The van der Waals surface area contributed by atoms with Crippen LogP contribution in [0.3, 0.4) is 0 Å². The molecule has 2 aromatic rings. The van der Waals surface area contributed by atoms with Crippen molar-refractivity contribution in [2.75, 3.05) is 17.7 Å². The normalized spacial score (nSPS) is 10.1. The van der Waals surface area contributed by atoms with Crippen molar-refractivity contribution in [1.82, 2.24) is 5.32 Å². The molecule has 0 aliphatic rings. The number of rotatable bonds is 4. The number of anilines is 2. The summed E-state index contributed by atoms with van der Waals surface area (Å²) in [7, 11) is 1.88. The molecular weight excluding hydrogens is 250 g/mol. The van der Waals surface area contributed by atoms with E-state index in [2.05, 4.69) is 16.0 Å². The van der Waals surface area contributed by atoms with E-state index in [1.54, 1.807) is 0 Å². The molecule has 0 bridgehead atoms. The van der Waals surface area contributed by atoms with Gasteiger partial charge in [0.05, 0.1) is 0 Å². The highest BCUT2D eigenvalue weighted by atomic mass is 16.2. The molecule has 0 unspecified atom stereocenters. The van der Waals surface area contributed by atoms with Gasteiger partial charge in [0, 0.05) is 17.9 Å². The first kappa shape index (κ1) is 14.1. The molecule has 0 fully saturated rings. The van der Waals surface area contributed by atoms with Gasteiger partial charge in [-0.3, -0.25) is 0 Å². The summed E-state index contributed by atoms with van der Waals surface area (Å²) in [4.78, 5) is 12.0. The second kappa shape index (κ2) is 6.73. The van der Waals surface area contributed by atoms with Crippen LogP contribution in [-0.2, 0) is 6.54 Å². The highest BCUT2D eigenvalue weighted by Crippen LogP contribution is 2.15. The predicted octanol–water partition coefficient (Wildman–Crippen LogP) is 3.36. The SMILES string of the molecule is CNCc1ccccc1NC(=O)Nc1ccc(C)cc1. The van der Waals surface area contributed by atoms with Gasteiger partial charge < -0.3 is 16.0 Å². The summed E-state index contributed by atoms with van der Waals surface area (Å²) in [6.45, 7) is 2.72. The topological polar surface area (TPSA) is 53.2 Å². The quantitative estimate of drug-likeness (QED) is 0.797. The van der Waals surface area contributed by atoms with Gasteiger partial charge in [-0.05, 0) is 37.7 Å². The highest BCUT2D eigenvalue weighted by molar-refractivity contribution is 6.00. The Labute approximate surface area is 119 Å². The maximum atomic E-state index is 12.0. The second-order valence-corrected chi connectivity index (χ2v) is 4.63. The molecule has 0 saturated carbocycles. The average Bonchev–Trinajstić information content (AvgIpc) is 2.44. The van der Waals surface area contributed by atoms with Crippen LogP contribution < -0.4 is 16.0 Å². The Morgan fingerprint density at radius 2 is 1.70 bits per heavy atom. The average molecular weight is 269 g/mol. The Bertz CT molecular complexity index is 579. The molecule has 104 valence electrons. The van der Waals surface area contributed by atoms with Crippen molar-refractivity contribution in [3.05, 3.63) is 59.7 Å². The van der Waals surface area contributed by atoms with Gasteiger partial charge in [0.2, 0.25) is 0 Å². The summed E-state index contributed by atoms with van der Waals surface area (Å²) in [5.74, 6) is 0. The third-order valence-corrected chi connectivity index (χ3v) is 2.94.